The van der Waals surface area contributed by atoms with Crippen LogP contribution in [-0.2, 0) is 0 Å². The lowest BCUT2D eigenvalue weighted by molar-refractivity contribution is 1.27. The summed E-state index contributed by atoms with van der Waals surface area (Å²) in [6.45, 7) is 12.0. The summed E-state index contributed by atoms with van der Waals surface area (Å²) in [5.74, 6) is 0. The molecule has 146 valence electrons. The van der Waals surface area contributed by atoms with Crippen LogP contribution in [-0.4, -0.2) is 4.98 Å². The van der Waals surface area contributed by atoms with Crippen LogP contribution in [0.1, 0.15) is 39.8 Å². The number of nitrogens with one attached hydrogen (secondary N) is 1. The lowest BCUT2D eigenvalue weighted by atomic mass is 9.97. The fourth-order valence-corrected chi connectivity index (χ4v) is 2.55. The highest BCUT2D eigenvalue weighted by Gasteiger charge is 2.06. The van der Waals surface area contributed by atoms with Crippen LogP contribution in [0.4, 0.5) is 0 Å². The molecule has 1 aromatic heterocycles. The van der Waals surface area contributed by atoms with Crippen LogP contribution in [0.2, 0.25) is 0 Å². The highest BCUT2D eigenvalue weighted by molar-refractivity contribution is 5.80. The Kier molecular flexibility index (Phi) is 11.5. The Morgan fingerprint density at radius 2 is 1.82 bits per heavy atom. The normalized spacial score (nSPS) is 15.0. The maximum absolute atomic E-state index is 3.82. The van der Waals surface area contributed by atoms with Gasteiger partial charge in [0.25, 0.3) is 0 Å². The first-order chi connectivity index (χ1) is 13.7. The van der Waals surface area contributed by atoms with E-state index >= 15 is 0 Å². The van der Waals surface area contributed by atoms with Gasteiger partial charge in [-0.25, -0.2) is 0 Å². The Balaban J connectivity index is 3.37. The van der Waals surface area contributed by atoms with Gasteiger partial charge in [0, 0.05) is 17.5 Å². The van der Waals surface area contributed by atoms with E-state index < -0.39 is 0 Å². The van der Waals surface area contributed by atoms with Crippen molar-refractivity contribution in [3.05, 3.63) is 126 Å². The Morgan fingerprint density at radius 3 is 2.43 bits per heavy atom. The van der Waals surface area contributed by atoms with Gasteiger partial charge in [0.05, 0.1) is 0 Å². The summed E-state index contributed by atoms with van der Waals surface area (Å²) in [7, 11) is 0. The molecule has 0 aromatic carbocycles. The van der Waals surface area contributed by atoms with Gasteiger partial charge in [-0.05, 0) is 57.4 Å². The minimum absolute atomic E-state index is 0.870. The molecule has 1 heteroatoms. The van der Waals surface area contributed by atoms with Crippen LogP contribution in [0, 0.1) is 0 Å². The van der Waals surface area contributed by atoms with E-state index in [4.69, 9.17) is 0 Å². The molecule has 0 atom stereocenters. The molecule has 0 unspecified atom stereocenters. The third-order valence-corrected chi connectivity index (χ3v) is 4.08. The molecule has 0 bridgehead atoms. The van der Waals surface area contributed by atoms with E-state index in [2.05, 4.69) is 91.4 Å². The van der Waals surface area contributed by atoms with Gasteiger partial charge in [-0.15, -0.1) is 0 Å². The third kappa shape index (κ3) is 8.55. The van der Waals surface area contributed by atoms with Crippen LogP contribution in [0.15, 0.2) is 121 Å². The summed E-state index contributed by atoms with van der Waals surface area (Å²) in [4.78, 5) is 3.32. The Bertz CT molecular complexity index is 829. The van der Waals surface area contributed by atoms with Crippen LogP contribution < -0.4 is 0 Å². The fraction of sp³-hybridized carbons (Fsp3) is 0.185. The molecule has 0 saturated carbocycles. The first-order valence-corrected chi connectivity index (χ1v) is 9.75. The SMILES string of the molecule is C=C\C(C)=C/C=C/C(=C/C(=C/C=C\C)C/C=C\C=C/C)C(=C\C)/c1ccc[nH]1. The summed E-state index contributed by atoms with van der Waals surface area (Å²) in [5.41, 5.74) is 5.82. The Hall–Kier alpha value is -3.06. The second-order valence-electron chi connectivity index (χ2n) is 6.29. The minimum atomic E-state index is 0.870. The Morgan fingerprint density at radius 1 is 1.04 bits per heavy atom. The predicted molar refractivity (Wildman–Crippen MR) is 127 cm³/mol. The molecule has 0 saturated heterocycles. The molecule has 1 nitrogen and oxygen atoms in total. The largest absolute Gasteiger partial charge is 0.361 e. The maximum Gasteiger partial charge on any atom is 0.0456 e. The average Bonchev–Trinajstić information content (AvgIpc) is 3.23. The van der Waals surface area contributed by atoms with Gasteiger partial charge in [-0.1, -0.05) is 91.1 Å². The summed E-state index contributed by atoms with van der Waals surface area (Å²) < 4.78 is 0. The van der Waals surface area contributed by atoms with Gasteiger partial charge in [0.15, 0.2) is 0 Å². The van der Waals surface area contributed by atoms with Crippen molar-refractivity contribution in [2.24, 2.45) is 0 Å². The van der Waals surface area contributed by atoms with Crippen LogP contribution >= 0.6 is 0 Å². The number of aromatic nitrogens is 1. The van der Waals surface area contributed by atoms with Crippen molar-refractivity contribution < 1.29 is 0 Å². The third-order valence-electron chi connectivity index (χ3n) is 4.08. The number of allylic oxidation sites excluding steroid dienone is 17. The van der Waals surface area contributed by atoms with E-state index in [9.17, 15) is 0 Å². The van der Waals surface area contributed by atoms with Crippen molar-refractivity contribution in [1.82, 2.24) is 4.98 Å². The van der Waals surface area contributed by atoms with Gasteiger partial charge in [0.2, 0.25) is 0 Å². The molecule has 0 spiro atoms. The van der Waals surface area contributed by atoms with E-state index in [0.717, 1.165) is 23.3 Å². The number of H-pyrrole nitrogens is 1. The predicted octanol–water partition coefficient (Wildman–Crippen LogP) is 8.06. The number of aromatic amines is 1. The smallest absolute Gasteiger partial charge is 0.0456 e. The second-order valence-corrected chi connectivity index (χ2v) is 6.29. The van der Waals surface area contributed by atoms with Gasteiger partial charge in [0.1, 0.15) is 0 Å². The molecule has 0 aliphatic heterocycles. The highest BCUT2D eigenvalue weighted by atomic mass is 14.7. The van der Waals surface area contributed by atoms with Crippen molar-refractivity contribution in [3.8, 4) is 0 Å². The molecule has 0 fully saturated rings. The number of hydrogen-bond donors (Lipinski definition) is 1. The summed E-state index contributed by atoms with van der Waals surface area (Å²) in [6.07, 6.45) is 30.1. The monoisotopic (exact) mass is 371 g/mol. The standard InChI is InChI=1S/C27H33N/c1-6-10-12-13-18-24(17-11-7-2)22-25(19-14-16-23(5)8-3)26(9-4)27-20-15-21-28-27/h6-17,19-22,28H,3,18H2,1-2,4-5H3/b10-6-,11-7-,13-12-,19-14+,23-16-,24-17+,25-22-,26-9+. The van der Waals surface area contributed by atoms with E-state index in [1.165, 1.54) is 11.1 Å². The van der Waals surface area contributed by atoms with Gasteiger partial charge < -0.3 is 4.98 Å². The zero-order chi connectivity index (χ0) is 20.6. The molecule has 0 aliphatic rings. The molecule has 28 heavy (non-hydrogen) atoms. The summed E-state index contributed by atoms with van der Waals surface area (Å²) >= 11 is 0. The van der Waals surface area contributed by atoms with Crippen LogP contribution in [0.5, 0.6) is 0 Å². The lowest BCUT2D eigenvalue weighted by Gasteiger charge is -2.09. The van der Waals surface area contributed by atoms with E-state index in [1.54, 1.807) is 0 Å². The van der Waals surface area contributed by atoms with Crippen LogP contribution in [0.25, 0.3) is 5.57 Å². The van der Waals surface area contributed by atoms with Crippen molar-refractivity contribution in [3.63, 3.8) is 0 Å². The number of rotatable bonds is 10. The molecule has 0 radical (unpaired) electrons. The molecule has 0 amide bonds. The van der Waals surface area contributed by atoms with Gasteiger partial charge >= 0.3 is 0 Å². The zero-order valence-electron chi connectivity index (χ0n) is 17.7. The minimum Gasteiger partial charge on any atom is -0.361 e. The van der Waals surface area contributed by atoms with Crippen molar-refractivity contribution >= 4 is 5.57 Å². The molecule has 0 aliphatic carbocycles. The Labute approximate surface area is 171 Å². The summed E-state index contributed by atoms with van der Waals surface area (Å²) in [5, 5.41) is 0. The average molecular weight is 372 g/mol. The van der Waals surface area contributed by atoms with Gasteiger partial charge in [-0.3, -0.25) is 0 Å². The van der Waals surface area contributed by atoms with E-state index in [0.29, 0.717) is 0 Å². The molecule has 1 N–H and O–H groups in total. The van der Waals surface area contributed by atoms with E-state index in [-0.39, 0.29) is 0 Å². The van der Waals surface area contributed by atoms with Crippen molar-refractivity contribution in [2.75, 3.05) is 0 Å². The maximum atomic E-state index is 3.82. The fourth-order valence-electron chi connectivity index (χ4n) is 2.55. The number of hydrogen-bond acceptors (Lipinski definition) is 0. The summed E-state index contributed by atoms with van der Waals surface area (Å²) in [6, 6.07) is 4.13. The van der Waals surface area contributed by atoms with Gasteiger partial charge in [-0.2, -0.15) is 0 Å². The molecule has 1 heterocycles. The second kappa shape index (κ2) is 14.1. The quantitative estimate of drug-likeness (QED) is 0.400. The molecule has 1 aromatic rings. The molecule has 1 rings (SSSR count). The first-order valence-electron chi connectivity index (χ1n) is 9.75. The van der Waals surface area contributed by atoms with Crippen molar-refractivity contribution in [1.29, 1.82) is 0 Å². The zero-order valence-corrected chi connectivity index (χ0v) is 17.7. The van der Waals surface area contributed by atoms with E-state index in [1.807, 2.05) is 45.2 Å². The highest BCUT2D eigenvalue weighted by Crippen LogP contribution is 2.25. The topological polar surface area (TPSA) is 15.8 Å². The lowest BCUT2D eigenvalue weighted by Crippen LogP contribution is -1.90. The molecular weight excluding hydrogens is 338 g/mol. The first kappa shape index (κ1) is 23.0. The van der Waals surface area contributed by atoms with Crippen molar-refractivity contribution in [2.45, 2.75) is 34.1 Å². The molecular formula is C27H33N. The van der Waals surface area contributed by atoms with Crippen LogP contribution in [0.3, 0.4) is 0 Å².